The Bertz CT molecular complexity index is 390. The van der Waals surface area contributed by atoms with E-state index in [9.17, 15) is 0 Å². The third kappa shape index (κ3) is 2.09. The molecule has 0 bridgehead atoms. The number of hydrogen-bond donors (Lipinski definition) is 1. The summed E-state index contributed by atoms with van der Waals surface area (Å²) in [7, 11) is 0. The maximum atomic E-state index is 4.10. The number of benzene rings is 1. The van der Waals surface area contributed by atoms with Crippen LogP contribution in [0.2, 0.25) is 0 Å². The Morgan fingerprint density at radius 1 is 1.13 bits per heavy atom. The average Bonchev–Trinajstić information content (AvgIpc) is 2.72. The third-order valence-electron chi connectivity index (χ3n) is 2.68. The van der Waals surface area contributed by atoms with Crippen molar-refractivity contribution in [3.05, 3.63) is 54.1 Å². The molecule has 1 aromatic heterocycles. The fourth-order valence-corrected chi connectivity index (χ4v) is 2.02. The second-order valence-electron chi connectivity index (χ2n) is 4.14. The number of hydrogen-bond acceptors (Lipinski definition) is 1. The lowest BCUT2D eigenvalue weighted by Crippen LogP contribution is -2.08. The van der Waals surface area contributed by atoms with Crippen LogP contribution in [-0.4, -0.2) is 9.97 Å². The fourth-order valence-electron chi connectivity index (χ4n) is 2.02. The molecule has 2 aromatic rings. The van der Waals surface area contributed by atoms with Crippen molar-refractivity contribution in [3.8, 4) is 0 Å². The number of rotatable bonds is 3. The van der Waals surface area contributed by atoms with Gasteiger partial charge in [0.05, 0.1) is 6.33 Å². The van der Waals surface area contributed by atoms with Crippen LogP contribution in [0.25, 0.3) is 0 Å². The molecule has 0 aliphatic rings. The lowest BCUT2D eigenvalue weighted by atomic mass is 9.86. The summed E-state index contributed by atoms with van der Waals surface area (Å²) >= 11 is 0. The molecule has 0 unspecified atom stereocenters. The predicted molar refractivity (Wildman–Crippen MR) is 61.7 cm³/mol. The van der Waals surface area contributed by atoms with Crippen molar-refractivity contribution in [1.82, 2.24) is 9.97 Å². The Kier molecular flexibility index (Phi) is 2.86. The molecule has 2 nitrogen and oxygen atoms in total. The van der Waals surface area contributed by atoms with Gasteiger partial charge in [-0.15, -0.1) is 0 Å². The highest BCUT2D eigenvalue weighted by Gasteiger charge is 2.18. The Hall–Kier alpha value is -1.57. The zero-order valence-corrected chi connectivity index (χ0v) is 9.14. The molecule has 15 heavy (non-hydrogen) atoms. The van der Waals surface area contributed by atoms with Gasteiger partial charge in [0.2, 0.25) is 0 Å². The quantitative estimate of drug-likeness (QED) is 0.809. The van der Waals surface area contributed by atoms with E-state index >= 15 is 0 Å². The smallest absolute Gasteiger partial charge is 0.0921 e. The second kappa shape index (κ2) is 4.30. The maximum absolute atomic E-state index is 4.10. The SMILES string of the molecule is CC(C)[C@H](c1ccccc1)c1cnc[nH]1. The molecule has 0 saturated carbocycles. The minimum Gasteiger partial charge on any atom is -0.348 e. The van der Waals surface area contributed by atoms with Gasteiger partial charge >= 0.3 is 0 Å². The summed E-state index contributed by atoms with van der Waals surface area (Å²) in [5, 5.41) is 0. The van der Waals surface area contributed by atoms with E-state index in [1.165, 1.54) is 11.3 Å². The van der Waals surface area contributed by atoms with Gasteiger partial charge in [0.1, 0.15) is 0 Å². The summed E-state index contributed by atoms with van der Waals surface area (Å²) in [6, 6.07) is 10.6. The molecule has 0 amide bonds. The number of nitrogens with one attached hydrogen (secondary N) is 1. The molecular weight excluding hydrogens is 184 g/mol. The number of aromatic nitrogens is 2. The van der Waals surface area contributed by atoms with Gasteiger partial charge in [-0.3, -0.25) is 0 Å². The summed E-state index contributed by atoms with van der Waals surface area (Å²) < 4.78 is 0. The van der Waals surface area contributed by atoms with Gasteiger partial charge in [-0.05, 0) is 11.5 Å². The van der Waals surface area contributed by atoms with Crippen molar-refractivity contribution >= 4 is 0 Å². The van der Waals surface area contributed by atoms with E-state index in [-0.39, 0.29) is 0 Å². The number of nitrogens with zero attached hydrogens (tertiary/aromatic N) is 1. The molecule has 2 rings (SSSR count). The van der Waals surface area contributed by atoms with Crippen LogP contribution in [0, 0.1) is 5.92 Å². The van der Waals surface area contributed by atoms with E-state index in [2.05, 4.69) is 48.1 Å². The topological polar surface area (TPSA) is 28.7 Å². The summed E-state index contributed by atoms with van der Waals surface area (Å²) in [4.78, 5) is 7.30. The first-order valence-corrected chi connectivity index (χ1v) is 5.32. The molecular formula is C13H16N2. The Balaban J connectivity index is 2.37. The van der Waals surface area contributed by atoms with Gasteiger partial charge in [0.25, 0.3) is 0 Å². The number of imidazole rings is 1. The van der Waals surface area contributed by atoms with Crippen LogP contribution in [0.3, 0.4) is 0 Å². The number of aromatic amines is 1. The molecule has 78 valence electrons. The summed E-state index contributed by atoms with van der Waals surface area (Å²) in [5.74, 6) is 0.974. The molecule has 1 N–H and O–H groups in total. The van der Waals surface area contributed by atoms with Crippen LogP contribution >= 0.6 is 0 Å². The van der Waals surface area contributed by atoms with Crippen molar-refractivity contribution in [2.45, 2.75) is 19.8 Å². The van der Waals surface area contributed by atoms with E-state index < -0.39 is 0 Å². The second-order valence-corrected chi connectivity index (χ2v) is 4.14. The summed E-state index contributed by atoms with van der Waals surface area (Å²) in [6.45, 7) is 4.47. The van der Waals surface area contributed by atoms with Crippen molar-refractivity contribution in [3.63, 3.8) is 0 Å². The Labute approximate surface area is 90.4 Å². The standard InChI is InChI=1S/C13H16N2/c1-10(2)13(12-8-14-9-15-12)11-6-4-3-5-7-11/h3-10,13H,1-2H3,(H,14,15)/t13-/m1/s1. The molecule has 0 fully saturated rings. The third-order valence-corrected chi connectivity index (χ3v) is 2.68. The first-order valence-electron chi connectivity index (χ1n) is 5.32. The van der Waals surface area contributed by atoms with E-state index in [1.807, 2.05) is 12.3 Å². The van der Waals surface area contributed by atoms with Crippen molar-refractivity contribution in [2.75, 3.05) is 0 Å². The largest absolute Gasteiger partial charge is 0.348 e. The number of H-pyrrole nitrogens is 1. The maximum Gasteiger partial charge on any atom is 0.0921 e. The zero-order chi connectivity index (χ0) is 10.7. The van der Waals surface area contributed by atoms with Gasteiger partial charge in [-0.2, -0.15) is 0 Å². The lowest BCUT2D eigenvalue weighted by molar-refractivity contribution is 0.554. The van der Waals surface area contributed by atoms with Crippen molar-refractivity contribution in [1.29, 1.82) is 0 Å². The van der Waals surface area contributed by atoms with Crippen LogP contribution in [0.4, 0.5) is 0 Å². The van der Waals surface area contributed by atoms with E-state index in [1.54, 1.807) is 6.33 Å². The van der Waals surface area contributed by atoms with Crippen LogP contribution in [0.5, 0.6) is 0 Å². The highest BCUT2D eigenvalue weighted by molar-refractivity contribution is 5.27. The van der Waals surface area contributed by atoms with E-state index in [4.69, 9.17) is 0 Å². The zero-order valence-electron chi connectivity index (χ0n) is 9.14. The van der Waals surface area contributed by atoms with Crippen LogP contribution in [-0.2, 0) is 0 Å². The Morgan fingerprint density at radius 3 is 2.40 bits per heavy atom. The van der Waals surface area contributed by atoms with Crippen molar-refractivity contribution < 1.29 is 0 Å². The van der Waals surface area contributed by atoms with Gasteiger partial charge in [0, 0.05) is 17.8 Å². The minimum atomic E-state index is 0.411. The van der Waals surface area contributed by atoms with Gasteiger partial charge in [0.15, 0.2) is 0 Å². The molecule has 1 aromatic carbocycles. The van der Waals surface area contributed by atoms with Crippen LogP contribution in [0.15, 0.2) is 42.9 Å². The normalized spacial score (nSPS) is 13.0. The molecule has 0 spiro atoms. The van der Waals surface area contributed by atoms with Gasteiger partial charge in [-0.25, -0.2) is 4.98 Å². The van der Waals surface area contributed by atoms with Crippen LogP contribution in [0.1, 0.15) is 31.0 Å². The Morgan fingerprint density at radius 2 is 1.87 bits per heavy atom. The molecule has 1 heterocycles. The highest BCUT2D eigenvalue weighted by Crippen LogP contribution is 2.29. The molecule has 0 aliphatic heterocycles. The first kappa shape index (κ1) is 9.97. The van der Waals surface area contributed by atoms with Crippen LogP contribution < -0.4 is 0 Å². The molecule has 0 saturated heterocycles. The van der Waals surface area contributed by atoms with E-state index in [0.717, 1.165) is 0 Å². The monoisotopic (exact) mass is 200 g/mol. The molecule has 0 aliphatic carbocycles. The average molecular weight is 200 g/mol. The van der Waals surface area contributed by atoms with E-state index in [0.29, 0.717) is 11.8 Å². The van der Waals surface area contributed by atoms with Gasteiger partial charge < -0.3 is 4.98 Å². The lowest BCUT2D eigenvalue weighted by Gasteiger charge is -2.19. The fraction of sp³-hybridized carbons (Fsp3) is 0.308. The highest BCUT2D eigenvalue weighted by atomic mass is 14.9. The molecule has 2 heteroatoms. The summed E-state index contributed by atoms with van der Waals surface area (Å²) in [5.41, 5.74) is 2.54. The molecule has 1 atom stereocenters. The minimum absolute atomic E-state index is 0.411. The van der Waals surface area contributed by atoms with Gasteiger partial charge in [-0.1, -0.05) is 44.2 Å². The first-order chi connectivity index (χ1) is 7.29. The molecule has 0 radical (unpaired) electrons. The summed E-state index contributed by atoms with van der Waals surface area (Å²) in [6.07, 6.45) is 3.66. The van der Waals surface area contributed by atoms with Crippen molar-refractivity contribution in [2.24, 2.45) is 5.92 Å². The predicted octanol–water partition coefficient (Wildman–Crippen LogP) is 3.20.